The Morgan fingerprint density at radius 2 is 1.85 bits per heavy atom. The molecule has 76 valence electrons. The number of hydrogen-bond acceptors (Lipinski definition) is 2. The van der Waals surface area contributed by atoms with Gasteiger partial charge >= 0.3 is 5.97 Å². The Bertz CT molecular complexity index is 189. The molecule has 1 atom stereocenters. The first kappa shape index (κ1) is 11.9. The lowest BCUT2D eigenvalue weighted by atomic mass is 10.1. The van der Waals surface area contributed by atoms with Gasteiger partial charge in [0.05, 0.1) is 0 Å². The van der Waals surface area contributed by atoms with E-state index >= 15 is 0 Å². The minimum absolute atomic E-state index is 0.409. The third-order valence-corrected chi connectivity index (χ3v) is 1.78. The molecule has 2 N–H and O–H groups in total. The normalized spacial score (nSPS) is 12.6. The van der Waals surface area contributed by atoms with Crippen LogP contribution in [-0.4, -0.2) is 23.5 Å². The highest BCUT2D eigenvalue weighted by Gasteiger charge is 2.19. The van der Waals surface area contributed by atoms with Crippen LogP contribution in [0.1, 0.15) is 27.2 Å². The molecule has 0 aliphatic rings. The van der Waals surface area contributed by atoms with Crippen molar-refractivity contribution in [3.05, 3.63) is 0 Å². The first-order valence-corrected chi connectivity index (χ1v) is 4.45. The van der Waals surface area contributed by atoms with E-state index < -0.39 is 17.8 Å². The van der Waals surface area contributed by atoms with Crippen LogP contribution in [0.4, 0.5) is 0 Å². The molecule has 4 nitrogen and oxygen atoms in total. The van der Waals surface area contributed by atoms with E-state index in [1.807, 2.05) is 13.8 Å². The van der Waals surface area contributed by atoms with Crippen LogP contribution in [0.5, 0.6) is 0 Å². The molecular formula is C9H17NO3. The van der Waals surface area contributed by atoms with Gasteiger partial charge in [-0.15, -0.1) is 0 Å². The molecule has 13 heavy (non-hydrogen) atoms. The quantitative estimate of drug-likeness (QED) is 0.627. The van der Waals surface area contributed by atoms with Gasteiger partial charge in [0.2, 0.25) is 5.91 Å². The number of carboxylic acids is 1. The lowest BCUT2D eigenvalue weighted by Crippen LogP contribution is -2.34. The largest absolute Gasteiger partial charge is 0.481 e. The van der Waals surface area contributed by atoms with Crippen LogP contribution in [0, 0.1) is 11.8 Å². The van der Waals surface area contributed by atoms with Crippen LogP contribution in [0.2, 0.25) is 0 Å². The first-order chi connectivity index (χ1) is 5.95. The molecule has 0 aliphatic heterocycles. The summed E-state index contributed by atoms with van der Waals surface area (Å²) in [6, 6.07) is 0. The van der Waals surface area contributed by atoms with Gasteiger partial charge in [0.25, 0.3) is 0 Å². The van der Waals surface area contributed by atoms with Crippen molar-refractivity contribution in [3.8, 4) is 0 Å². The third-order valence-electron chi connectivity index (χ3n) is 1.78. The van der Waals surface area contributed by atoms with E-state index in [9.17, 15) is 9.59 Å². The molecule has 0 aromatic carbocycles. The van der Waals surface area contributed by atoms with Crippen LogP contribution in [-0.2, 0) is 9.59 Å². The summed E-state index contributed by atoms with van der Waals surface area (Å²) in [7, 11) is 0. The molecular weight excluding hydrogens is 170 g/mol. The van der Waals surface area contributed by atoms with Crippen molar-refractivity contribution >= 4 is 11.9 Å². The van der Waals surface area contributed by atoms with Gasteiger partial charge < -0.3 is 10.4 Å². The molecule has 0 saturated heterocycles. The van der Waals surface area contributed by atoms with Gasteiger partial charge in [-0.05, 0) is 19.3 Å². The maximum Gasteiger partial charge on any atom is 0.315 e. The summed E-state index contributed by atoms with van der Waals surface area (Å²) >= 11 is 0. The summed E-state index contributed by atoms with van der Waals surface area (Å²) in [6.07, 6.45) is 0.873. The summed E-state index contributed by atoms with van der Waals surface area (Å²) in [5, 5.41) is 11.1. The minimum Gasteiger partial charge on any atom is -0.481 e. The zero-order valence-electron chi connectivity index (χ0n) is 8.33. The molecule has 0 rings (SSSR count). The van der Waals surface area contributed by atoms with Gasteiger partial charge in [0, 0.05) is 6.54 Å². The molecule has 0 aromatic heterocycles. The Labute approximate surface area is 78.3 Å². The van der Waals surface area contributed by atoms with Crippen LogP contribution < -0.4 is 5.32 Å². The van der Waals surface area contributed by atoms with E-state index in [2.05, 4.69) is 5.32 Å². The van der Waals surface area contributed by atoms with Gasteiger partial charge in [-0.1, -0.05) is 13.8 Å². The van der Waals surface area contributed by atoms with Crippen molar-refractivity contribution in [1.82, 2.24) is 5.32 Å². The first-order valence-electron chi connectivity index (χ1n) is 4.45. The van der Waals surface area contributed by atoms with Crippen LogP contribution in [0.3, 0.4) is 0 Å². The zero-order chi connectivity index (χ0) is 10.4. The Morgan fingerprint density at radius 1 is 1.31 bits per heavy atom. The minimum atomic E-state index is -1.08. The lowest BCUT2D eigenvalue weighted by molar-refractivity contribution is -0.146. The maximum atomic E-state index is 11.1. The smallest absolute Gasteiger partial charge is 0.315 e. The standard InChI is InChI=1S/C9H17NO3/c1-6(2)4-5-10-8(11)7(3)9(12)13/h6-7H,4-5H2,1-3H3,(H,10,11)(H,12,13). The molecule has 0 aliphatic carbocycles. The highest BCUT2D eigenvalue weighted by molar-refractivity contribution is 5.96. The average Bonchev–Trinajstić information content (AvgIpc) is 2.02. The fraction of sp³-hybridized carbons (Fsp3) is 0.778. The number of nitrogens with one attached hydrogen (secondary N) is 1. The number of hydrogen-bond donors (Lipinski definition) is 2. The van der Waals surface area contributed by atoms with Gasteiger partial charge in [-0.2, -0.15) is 0 Å². The second-order valence-electron chi connectivity index (χ2n) is 3.53. The fourth-order valence-electron chi connectivity index (χ4n) is 0.749. The van der Waals surface area contributed by atoms with E-state index in [0.29, 0.717) is 12.5 Å². The molecule has 4 heteroatoms. The van der Waals surface area contributed by atoms with Crippen molar-refractivity contribution < 1.29 is 14.7 Å². The van der Waals surface area contributed by atoms with Crippen molar-refractivity contribution in [1.29, 1.82) is 0 Å². The van der Waals surface area contributed by atoms with E-state index in [1.54, 1.807) is 0 Å². The van der Waals surface area contributed by atoms with E-state index in [4.69, 9.17) is 5.11 Å². The predicted molar refractivity (Wildman–Crippen MR) is 49.3 cm³/mol. The average molecular weight is 187 g/mol. The number of aliphatic carboxylic acids is 1. The molecule has 1 unspecified atom stereocenters. The highest BCUT2D eigenvalue weighted by atomic mass is 16.4. The Balaban J connectivity index is 3.69. The van der Waals surface area contributed by atoms with Crippen molar-refractivity contribution in [2.24, 2.45) is 11.8 Å². The van der Waals surface area contributed by atoms with Crippen molar-refractivity contribution in [2.45, 2.75) is 27.2 Å². The molecule has 0 radical (unpaired) electrons. The number of amides is 1. The van der Waals surface area contributed by atoms with Gasteiger partial charge in [-0.3, -0.25) is 9.59 Å². The number of carbonyl (C=O) groups is 2. The van der Waals surface area contributed by atoms with Gasteiger partial charge in [0.15, 0.2) is 0 Å². The summed E-state index contributed by atoms with van der Waals surface area (Å²) in [5.41, 5.74) is 0. The Hall–Kier alpha value is -1.06. The lowest BCUT2D eigenvalue weighted by Gasteiger charge is -2.09. The monoisotopic (exact) mass is 187 g/mol. The molecule has 0 heterocycles. The van der Waals surface area contributed by atoms with Crippen LogP contribution >= 0.6 is 0 Å². The van der Waals surface area contributed by atoms with E-state index in [1.165, 1.54) is 6.92 Å². The highest BCUT2D eigenvalue weighted by Crippen LogP contribution is 1.98. The molecule has 0 bridgehead atoms. The second-order valence-corrected chi connectivity index (χ2v) is 3.53. The molecule has 0 spiro atoms. The maximum absolute atomic E-state index is 11.1. The molecule has 0 fully saturated rings. The number of carbonyl (C=O) groups excluding carboxylic acids is 1. The summed E-state index contributed by atoms with van der Waals surface area (Å²) in [4.78, 5) is 21.5. The van der Waals surface area contributed by atoms with E-state index in [0.717, 1.165) is 6.42 Å². The summed E-state index contributed by atoms with van der Waals surface area (Å²) in [5.74, 6) is -1.93. The van der Waals surface area contributed by atoms with Crippen molar-refractivity contribution in [2.75, 3.05) is 6.54 Å². The molecule has 0 saturated carbocycles. The zero-order valence-corrected chi connectivity index (χ0v) is 8.33. The van der Waals surface area contributed by atoms with Gasteiger partial charge in [-0.25, -0.2) is 0 Å². The van der Waals surface area contributed by atoms with Gasteiger partial charge in [0.1, 0.15) is 5.92 Å². The van der Waals surface area contributed by atoms with Crippen molar-refractivity contribution in [3.63, 3.8) is 0 Å². The topological polar surface area (TPSA) is 66.4 Å². The summed E-state index contributed by atoms with van der Waals surface area (Å²) in [6.45, 7) is 6.03. The Morgan fingerprint density at radius 3 is 2.23 bits per heavy atom. The summed E-state index contributed by atoms with van der Waals surface area (Å²) < 4.78 is 0. The third kappa shape index (κ3) is 5.22. The fourth-order valence-corrected chi connectivity index (χ4v) is 0.749. The van der Waals surface area contributed by atoms with E-state index in [-0.39, 0.29) is 0 Å². The second kappa shape index (κ2) is 5.56. The Kier molecular flexibility index (Phi) is 5.11. The van der Waals surface area contributed by atoms with Crippen LogP contribution in [0.15, 0.2) is 0 Å². The molecule has 0 aromatic rings. The SMILES string of the molecule is CC(C)CCNC(=O)C(C)C(=O)O. The molecule has 1 amide bonds. The predicted octanol–water partition coefficient (Wildman–Crippen LogP) is 0.869. The van der Waals surface area contributed by atoms with Crippen LogP contribution in [0.25, 0.3) is 0 Å². The number of rotatable bonds is 5. The number of carboxylic acid groups (broad SMARTS) is 1.